The number of hydrogen-bond acceptors (Lipinski definition) is 5. The Labute approximate surface area is 143 Å². The summed E-state index contributed by atoms with van der Waals surface area (Å²) in [7, 11) is 1.38. The van der Waals surface area contributed by atoms with Gasteiger partial charge in [-0.25, -0.2) is 4.39 Å². The molecule has 0 spiro atoms. The van der Waals surface area contributed by atoms with Gasteiger partial charge in [0.2, 0.25) is 0 Å². The Hall–Kier alpha value is -3.16. The molecule has 7 nitrogen and oxygen atoms in total. The minimum absolute atomic E-state index is 0.0458. The fourth-order valence-electron chi connectivity index (χ4n) is 2.14. The highest BCUT2D eigenvalue weighted by Gasteiger charge is 2.22. The zero-order chi connectivity index (χ0) is 18.4. The predicted octanol–water partition coefficient (Wildman–Crippen LogP) is 3.54. The molecular formula is C17H17FN2O5. The third-order valence-electron chi connectivity index (χ3n) is 3.42. The van der Waals surface area contributed by atoms with Gasteiger partial charge in [0, 0.05) is 12.1 Å². The van der Waals surface area contributed by atoms with Crippen molar-refractivity contribution < 1.29 is 23.6 Å². The molecule has 1 amide bonds. The van der Waals surface area contributed by atoms with Crippen LogP contribution in [0.25, 0.3) is 0 Å². The number of halogens is 1. The molecule has 25 heavy (non-hydrogen) atoms. The molecule has 0 unspecified atom stereocenters. The van der Waals surface area contributed by atoms with Gasteiger partial charge in [0.1, 0.15) is 5.75 Å². The van der Waals surface area contributed by atoms with E-state index < -0.39 is 22.8 Å². The molecule has 8 heteroatoms. The number of rotatable bonds is 7. The number of nitro groups is 1. The van der Waals surface area contributed by atoms with Crippen LogP contribution in [0.2, 0.25) is 0 Å². The van der Waals surface area contributed by atoms with Gasteiger partial charge >= 0.3 is 0 Å². The van der Waals surface area contributed by atoms with Gasteiger partial charge in [-0.1, -0.05) is 19.1 Å². The van der Waals surface area contributed by atoms with Gasteiger partial charge in [-0.15, -0.1) is 0 Å². The number of carbonyl (C=O) groups excluding carboxylic acids is 1. The van der Waals surface area contributed by atoms with E-state index in [9.17, 15) is 19.3 Å². The zero-order valence-electron chi connectivity index (χ0n) is 13.7. The van der Waals surface area contributed by atoms with Crippen molar-refractivity contribution in [2.45, 2.75) is 19.4 Å². The van der Waals surface area contributed by atoms with Crippen molar-refractivity contribution in [2.24, 2.45) is 0 Å². The number of benzene rings is 2. The molecule has 1 atom stereocenters. The lowest BCUT2D eigenvalue weighted by Gasteiger charge is -2.18. The summed E-state index contributed by atoms with van der Waals surface area (Å²) in [5.74, 6) is -0.929. The number of para-hydroxylation sites is 1. The van der Waals surface area contributed by atoms with Crippen LogP contribution in [-0.4, -0.2) is 24.0 Å². The number of non-ortho nitro benzene ring substituents is 1. The van der Waals surface area contributed by atoms with Crippen LogP contribution in [0.15, 0.2) is 42.5 Å². The van der Waals surface area contributed by atoms with Gasteiger partial charge in [-0.2, -0.15) is 0 Å². The minimum Gasteiger partial charge on any atom is -0.495 e. The zero-order valence-corrected chi connectivity index (χ0v) is 13.7. The first-order chi connectivity index (χ1) is 12.0. The standard InChI is InChI=1S/C17H17FN2O5/c1-3-14(25-15-7-5-4-6-12(15)18)17(21)19-13-10-11(20(22)23)8-9-16(13)24-2/h4-10,14H,3H2,1-2H3,(H,19,21)/t14-/m0/s1. The van der Waals surface area contributed by atoms with Gasteiger partial charge in [0.25, 0.3) is 11.6 Å². The lowest BCUT2D eigenvalue weighted by atomic mass is 10.2. The summed E-state index contributed by atoms with van der Waals surface area (Å²) in [4.78, 5) is 22.7. The van der Waals surface area contributed by atoms with E-state index in [1.807, 2.05) is 0 Å². The smallest absolute Gasteiger partial charge is 0.271 e. The number of nitro benzene ring substituents is 1. The minimum atomic E-state index is -0.971. The highest BCUT2D eigenvalue weighted by molar-refractivity contribution is 5.96. The highest BCUT2D eigenvalue weighted by Crippen LogP contribution is 2.29. The Morgan fingerprint density at radius 2 is 2.00 bits per heavy atom. The molecule has 0 saturated heterocycles. The van der Waals surface area contributed by atoms with Crippen molar-refractivity contribution in [3.63, 3.8) is 0 Å². The van der Waals surface area contributed by atoms with Crippen LogP contribution >= 0.6 is 0 Å². The third-order valence-corrected chi connectivity index (χ3v) is 3.42. The normalized spacial score (nSPS) is 11.5. The predicted molar refractivity (Wildman–Crippen MR) is 89.4 cm³/mol. The van der Waals surface area contributed by atoms with E-state index in [-0.39, 0.29) is 29.3 Å². The first-order valence-electron chi connectivity index (χ1n) is 7.50. The SMILES string of the molecule is CC[C@H](Oc1ccccc1F)C(=O)Nc1cc([N+](=O)[O-])ccc1OC. The number of nitrogens with zero attached hydrogens (tertiary/aromatic N) is 1. The summed E-state index contributed by atoms with van der Waals surface area (Å²) in [5.41, 5.74) is -0.0588. The molecule has 0 fully saturated rings. The Morgan fingerprint density at radius 1 is 1.28 bits per heavy atom. The van der Waals surface area contributed by atoms with Crippen LogP contribution in [0, 0.1) is 15.9 Å². The van der Waals surface area contributed by atoms with E-state index in [2.05, 4.69) is 5.32 Å². The fraction of sp³-hybridized carbons (Fsp3) is 0.235. The first kappa shape index (κ1) is 18.2. The average molecular weight is 348 g/mol. The van der Waals surface area contributed by atoms with Crippen LogP contribution in [0.1, 0.15) is 13.3 Å². The Bertz CT molecular complexity index is 781. The van der Waals surface area contributed by atoms with Gasteiger partial charge in [0.05, 0.1) is 17.7 Å². The molecule has 132 valence electrons. The lowest BCUT2D eigenvalue weighted by Crippen LogP contribution is -2.32. The third kappa shape index (κ3) is 4.43. The van der Waals surface area contributed by atoms with Crippen LogP contribution in [0.3, 0.4) is 0 Å². The number of amides is 1. The molecular weight excluding hydrogens is 331 g/mol. The first-order valence-corrected chi connectivity index (χ1v) is 7.50. The summed E-state index contributed by atoms with van der Waals surface area (Å²) in [6.45, 7) is 1.70. The van der Waals surface area contributed by atoms with Crippen molar-refractivity contribution in [1.82, 2.24) is 0 Å². The molecule has 0 bridgehead atoms. The van der Waals surface area contributed by atoms with E-state index in [0.29, 0.717) is 0 Å². The van der Waals surface area contributed by atoms with Crippen LogP contribution in [0.5, 0.6) is 11.5 Å². The number of hydrogen-bond donors (Lipinski definition) is 1. The van der Waals surface area contributed by atoms with E-state index >= 15 is 0 Å². The molecule has 0 heterocycles. The number of ether oxygens (including phenoxy) is 2. The Kier molecular flexibility index (Phi) is 5.89. The molecule has 0 aliphatic rings. The van der Waals surface area contributed by atoms with Gasteiger partial charge in [-0.3, -0.25) is 14.9 Å². The van der Waals surface area contributed by atoms with E-state index in [1.54, 1.807) is 13.0 Å². The van der Waals surface area contributed by atoms with Gasteiger partial charge in [0.15, 0.2) is 17.7 Å². The van der Waals surface area contributed by atoms with Gasteiger partial charge < -0.3 is 14.8 Å². The van der Waals surface area contributed by atoms with E-state index in [4.69, 9.17) is 9.47 Å². The number of methoxy groups -OCH3 is 1. The summed E-state index contributed by atoms with van der Waals surface area (Å²) in [6.07, 6.45) is -0.696. The topological polar surface area (TPSA) is 90.7 Å². The molecule has 0 aliphatic carbocycles. The van der Waals surface area contributed by atoms with Crippen LogP contribution in [-0.2, 0) is 4.79 Å². The molecule has 2 aromatic carbocycles. The summed E-state index contributed by atoms with van der Waals surface area (Å²) < 4.78 is 24.2. The Morgan fingerprint density at radius 3 is 2.60 bits per heavy atom. The molecule has 0 aliphatic heterocycles. The summed E-state index contributed by atoms with van der Waals surface area (Å²) in [6, 6.07) is 9.58. The molecule has 1 N–H and O–H groups in total. The van der Waals surface area contributed by atoms with Crippen molar-refractivity contribution in [3.05, 3.63) is 58.4 Å². The summed E-state index contributed by atoms with van der Waals surface area (Å²) in [5, 5.41) is 13.4. The quantitative estimate of drug-likeness (QED) is 0.610. The van der Waals surface area contributed by atoms with Crippen molar-refractivity contribution in [2.75, 3.05) is 12.4 Å². The number of carbonyl (C=O) groups is 1. The lowest BCUT2D eigenvalue weighted by molar-refractivity contribution is -0.384. The van der Waals surface area contributed by atoms with Crippen molar-refractivity contribution in [3.8, 4) is 11.5 Å². The van der Waals surface area contributed by atoms with Crippen LogP contribution < -0.4 is 14.8 Å². The van der Waals surface area contributed by atoms with Gasteiger partial charge in [-0.05, 0) is 24.6 Å². The summed E-state index contributed by atoms with van der Waals surface area (Å²) >= 11 is 0. The number of anilines is 1. The van der Waals surface area contributed by atoms with E-state index in [1.165, 1.54) is 43.5 Å². The largest absolute Gasteiger partial charge is 0.495 e. The number of nitrogens with one attached hydrogen (secondary N) is 1. The van der Waals surface area contributed by atoms with Crippen molar-refractivity contribution in [1.29, 1.82) is 0 Å². The second-order valence-electron chi connectivity index (χ2n) is 5.08. The highest BCUT2D eigenvalue weighted by atomic mass is 19.1. The molecule has 0 aromatic heterocycles. The van der Waals surface area contributed by atoms with Crippen LogP contribution in [0.4, 0.5) is 15.8 Å². The van der Waals surface area contributed by atoms with E-state index in [0.717, 1.165) is 0 Å². The average Bonchev–Trinajstić information content (AvgIpc) is 2.60. The molecule has 0 saturated carbocycles. The Balaban J connectivity index is 2.20. The molecule has 2 rings (SSSR count). The second-order valence-corrected chi connectivity index (χ2v) is 5.08. The molecule has 0 radical (unpaired) electrons. The maximum atomic E-state index is 13.7. The monoisotopic (exact) mass is 348 g/mol. The maximum Gasteiger partial charge on any atom is 0.271 e. The fourth-order valence-corrected chi connectivity index (χ4v) is 2.14. The molecule has 2 aromatic rings. The van der Waals surface area contributed by atoms with Crippen molar-refractivity contribution >= 4 is 17.3 Å². The second kappa shape index (κ2) is 8.09. The maximum absolute atomic E-state index is 13.7.